The van der Waals surface area contributed by atoms with Crippen molar-refractivity contribution in [2.75, 3.05) is 0 Å². The standard InChI is InChI=1S/C14H14N4O/c15-8-11-3-4-16-9-13(11)19-10-12-2-1-6-18-7-5-17-14(12)18/h1-7,9H,8,10,15H2. The van der Waals surface area contributed by atoms with Crippen molar-refractivity contribution in [3.05, 3.63) is 60.3 Å². The van der Waals surface area contributed by atoms with E-state index >= 15 is 0 Å². The van der Waals surface area contributed by atoms with E-state index in [0.29, 0.717) is 13.2 Å². The van der Waals surface area contributed by atoms with Gasteiger partial charge >= 0.3 is 0 Å². The molecule has 0 unspecified atom stereocenters. The molecule has 0 saturated carbocycles. The van der Waals surface area contributed by atoms with Crippen molar-refractivity contribution in [1.29, 1.82) is 0 Å². The molecule has 19 heavy (non-hydrogen) atoms. The number of rotatable bonds is 4. The maximum absolute atomic E-state index is 5.80. The molecule has 5 nitrogen and oxygen atoms in total. The lowest BCUT2D eigenvalue weighted by Crippen LogP contribution is -2.04. The number of imidazole rings is 1. The molecule has 0 aliphatic rings. The minimum Gasteiger partial charge on any atom is -0.487 e. The highest BCUT2D eigenvalue weighted by atomic mass is 16.5. The van der Waals surface area contributed by atoms with Crippen LogP contribution in [0.15, 0.2) is 49.2 Å². The van der Waals surface area contributed by atoms with Gasteiger partial charge in [0.25, 0.3) is 0 Å². The Hall–Kier alpha value is -2.40. The highest BCUT2D eigenvalue weighted by molar-refractivity contribution is 5.47. The Balaban J connectivity index is 1.84. The second kappa shape index (κ2) is 5.07. The predicted octanol–water partition coefficient (Wildman–Crippen LogP) is 1.77. The number of fused-ring (bicyclic) bond motifs is 1. The Bertz CT molecular complexity index is 692. The molecule has 3 heterocycles. The molecular weight excluding hydrogens is 240 g/mol. The summed E-state index contributed by atoms with van der Waals surface area (Å²) in [5.74, 6) is 0.721. The third-order valence-electron chi connectivity index (χ3n) is 2.97. The summed E-state index contributed by atoms with van der Waals surface area (Å²) in [5.41, 5.74) is 8.55. The van der Waals surface area contributed by atoms with Crippen molar-refractivity contribution in [1.82, 2.24) is 14.4 Å². The van der Waals surface area contributed by atoms with E-state index in [0.717, 1.165) is 22.5 Å². The molecule has 96 valence electrons. The Labute approximate surface area is 110 Å². The lowest BCUT2D eigenvalue weighted by atomic mass is 10.2. The van der Waals surface area contributed by atoms with E-state index in [1.165, 1.54) is 0 Å². The summed E-state index contributed by atoms with van der Waals surface area (Å²) in [6.45, 7) is 0.880. The van der Waals surface area contributed by atoms with Gasteiger partial charge in [0, 0.05) is 42.5 Å². The van der Waals surface area contributed by atoms with Crippen molar-refractivity contribution in [2.45, 2.75) is 13.2 Å². The normalized spacial score (nSPS) is 10.8. The lowest BCUT2D eigenvalue weighted by Gasteiger charge is -2.10. The van der Waals surface area contributed by atoms with Crippen LogP contribution in [0.2, 0.25) is 0 Å². The van der Waals surface area contributed by atoms with Crippen LogP contribution in [-0.4, -0.2) is 14.4 Å². The third-order valence-corrected chi connectivity index (χ3v) is 2.97. The summed E-state index contributed by atoms with van der Waals surface area (Å²) in [4.78, 5) is 8.37. The zero-order chi connectivity index (χ0) is 13.1. The van der Waals surface area contributed by atoms with Crippen LogP contribution in [0.1, 0.15) is 11.1 Å². The number of hydrogen-bond acceptors (Lipinski definition) is 4. The number of pyridine rings is 2. The van der Waals surface area contributed by atoms with Gasteiger partial charge in [-0.2, -0.15) is 0 Å². The van der Waals surface area contributed by atoms with E-state index in [9.17, 15) is 0 Å². The summed E-state index contributed by atoms with van der Waals surface area (Å²) in [5, 5.41) is 0. The monoisotopic (exact) mass is 254 g/mol. The van der Waals surface area contributed by atoms with Gasteiger partial charge in [-0.15, -0.1) is 0 Å². The van der Waals surface area contributed by atoms with Gasteiger partial charge in [-0.3, -0.25) is 4.98 Å². The van der Waals surface area contributed by atoms with Crippen LogP contribution in [0.5, 0.6) is 5.75 Å². The van der Waals surface area contributed by atoms with Crippen LogP contribution in [0.3, 0.4) is 0 Å². The molecule has 0 aromatic carbocycles. The summed E-state index contributed by atoms with van der Waals surface area (Å²) in [7, 11) is 0. The molecule has 3 aromatic heterocycles. The number of aromatic nitrogens is 3. The molecule has 2 N–H and O–H groups in total. The molecule has 0 radical (unpaired) electrons. The minimum atomic E-state index is 0.436. The molecule has 0 amide bonds. The fourth-order valence-corrected chi connectivity index (χ4v) is 1.98. The van der Waals surface area contributed by atoms with Crippen LogP contribution in [0.25, 0.3) is 5.65 Å². The van der Waals surface area contributed by atoms with E-state index in [-0.39, 0.29) is 0 Å². The van der Waals surface area contributed by atoms with Crippen molar-refractivity contribution < 1.29 is 4.74 Å². The van der Waals surface area contributed by atoms with Gasteiger partial charge in [0.2, 0.25) is 0 Å². The molecule has 0 saturated heterocycles. The first-order chi connectivity index (χ1) is 9.38. The average Bonchev–Trinajstić information content (AvgIpc) is 2.94. The van der Waals surface area contributed by atoms with Crippen LogP contribution < -0.4 is 10.5 Å². The van der Waals surface area contributed by atoms with Crippen molar-refractivity contribution in [3.63, 3.8) is 0 Å². The van der Waals surface area contributed by atoms with Crippen LogP contribution in [0, 0.1) is 0 Å². The summed E-state index contributed by atoms with van der Waals surface area (Å²) < 4.78 is 7.76. The fourth-order valence-electron chi connectivity index (χ4n) is 1.98. The SMILES string of the molecule is NCc1ccncc1OCc1cccn2ccnc12. The smallest absolute Gasteiger partial charge is 0.143 e. The molecule has 0 bridgehead atoms. The van der Waals surface area contributed by atoms with E-state index in [2.05, 4.69) is 9.97 Å². The zero-order valence-corrected chi connectivity index (χ0v) is 10.4. The highest BCUT2D eigenvalue weighted by Gasteiger charge is 2.05. The maximum Gasteiger partial charge on any atom is 0.143 e. The van der Waals surface area contributed by atoms with Gasteiger partial charge in [-0.25, -0.2) is 4.98 Å². The van der Waals surface area contributed by atoms with Gasteiger partial charge in [-0.05, 0) is 12.1 Å². The van der Waals surface area contributed by atoms with E-state index in [1.807, 2.05) is 35.0 Å². The fraction of sp³-hybridized carbons (Fsp3) is 0.143. The zero-order valence-electron chi connectivity index (χ0n) is 10.4. The second-order valence-electron chi connectivity index (χ2n) is 4.17. The second-order valence-corrected chi connectivity index (χ2v) is 4.17. The van der Waals surface area contributed by atoms with Crippen LogP contribution >= 0.6 is 0 Å². The van der Waals surface area contributed by atoms with E-state index in [1.54, 1.807) is 18.6 Å². The van der Waals surface area contributed by atoms with Gasteiger partial charge in [0.15, 0.2) is 0 Å². The van der Waals surface area contributed by atoms with Gasteiger partial charge in [0.1, 0.15) is 18.0 Å². The van der Waals surface area contributed by atoms with Gasteiger partial charge < -0.3 is 14.9 Å². The Kier molecular flexibility index (Phi) is 3.12. The molecule has 0 atom stereocenters. The predicted molar refractivity (Wildman–Crippen MR) is 71.7 cm³/mol. The summed E-state index contributed by atoms with van der Waals surface area (Å²) >= 11 is 0. The van der Waals surface area contributed by atoms with Gasteiger partial charge in [-0.1, -0.05) is 6.07 Å². The highest BCUT2D eigenvalue weighted by Crippen LogP contribution is 2.18. The van der Waals surface area contributed by atoms with Crippen LogP contribution in [-0.2, 0) is 13.2 Å². The average molecular weight is 254 g/mol. The van der Waals surface area contributed by atoms with Crippen LogP contribution in [0.4, 0.5) is 0 Å². The van der Waals surface area contributed by atoms with E-state index < -0.39 is 0 Å². The van der Waals surface area contributed by atoms with E-state index in [4.69, 9.17) is 10.5 Å². The number of nitrogens with two attached hydrogens (primary N) is 1. The van der Waals surface area contributed by atoms with Gasteiger partial charge in [0.05, 0.1) is 6.20 Å². The largest absolute Gasteiger partial charge is 0.487 e. The quantitative estimate of drug-likeness (QED) is 0.770. The first-order valence-corrected chi connectivity index (χ1v) is 6.05. The first kappa shape index (κ1) is 11.7. The molecular formula is C14H14N4O. The Morgan fingerprint density at radius 3 is 3.00 bits per heavy atom. The number of hydrogen-bond donors (Lipinski definition) is 1. The molecule has 0 spiro atoms. The molecule has 3 aromatic rings. The van der Waals surface area contributed by atoms with Crippen molar-refractivity contribution in [3.8, 4) is 5.75 Å². The first-order valence-electron chi connectivity index (χ1n) is 6.05. The minimum absolute atomic E-state index is 0.436. The molecule has 5 heteroatoms. The summed E-state index contributed by atoms with van der Waals surface area (Å²) in [6, 6.07) is 5.84. The maximum atomic E-state index is 5.80. The molecule has 3 rings (SSSR count). The summed E-state index contributed by atoms with van der Waals surface area (Å²) in [6.07, 6.45) is 9.04. The number of ether oxygens (including phenoxy) is 1. The molecule has 0 aliphatic carbocycles. The van der Waals surface area contributed by atoms with Crippen molar-refractivity contribution >= 4 is 5.65 Å². The Morgan fingerprint density at radius 2 is 2.11 bits per heavy atom. The molecule has 0 aliphatic heterocycles. The molecule has 0 fully saturated rings. The number of nitrogens with zero attached hydrogens (tertiary/aromatic N) is 3. The third kappa shape index (κ3) is 2.28. The Morgan fingerprint density at radius 1 is 1.16 bits per heavy atom. The lowest BCUT2D eigenvalue weighted by molar-refractivity contribution is 0.302. The van der Waals surface area contributed by atoms with Crippen molar-refractivity contribution in [2.24, 2.45) is 5.73 Å². The topological polar surface area (TPSA) is 65.4 Å².